The molecule has 8 aromatic carbocycles. The van der Waals surface area contributed by atoms with Crippen molar-refractivity contribution in [2.45, 2.75) is 58.3 Å². The van der Waals surface area contributed by atoms with E-state index in [1.54, 1.807) is 0 Å². The zero-order chi connectivity index (χ0) is 41.9. The van der Waals surface area contributed by atoms with Crippen molar-refractivity contribution in [3.63, 3.8) is 0 Å². The van der Waals surface area contributed by atoms with E-state index in [1.165, 1.54) is 67.1 Å². The standard InChI is InChI=1S/C57H48BN3O/c1-35-46(29-28-44-52(35)57(4,5)32-31-56(44,2)3)59-54-40(27-30-50-51(54)42-22-13-15-26-49(42)62-50)43-33-38(60(36-17-8-6-9-18-36)37-19-10-7-11-20-37)34-48-53(43)58-45-24-16-23-41-39-21-12-14-25-47(39)61(48)55(41)45/h6-30,33-34,58-59H,31-32H2,1-5H3. The SMILES string of the molecule is Cc1c(Nc2c(-c3cc(N(c4ccccc4)c4ccccc4)cc4c3Bc3cccc5c6ccccc6n-4c35)ccc3oc4ccccc4c23)ccc2c1C(C)(C)CCC2(C)C. The Kier molecular flexibility index (Phi) is 8.03. The van der Waals surface area contributed by atoms with Gasteiger partial charge in [-0.1, -0.05) is 130 Å². The summed E-state index contributed by atoms with van der Waals surface area (Å²) in [7, 11) is 0.806. The van der Waals surface area contributed by atoms with Gasteiger partial charge in [-0.15, -0.1) is 0 Å². The molecule has 1 aliphatic carbocycles. The topological polar surface area (TPSA) is 33.3 Å². The number of furan rings is 1. The van der Waals surface area contributed by atoms with E-state index in [-0.39, 0.29) is 10.8 Å². The average molecular weight is 802 g/mol. The first kappa shape index (κ1) is 36.8. The fourth-order valence-corrected chi connectivity index (χ4v) is 11.1. The van der Waals surface area contributed by atoms with Crippen molar-refractivity contribution in [1.82, 2.24) is 4.57 Å². The molecule has 2 aliphatic rings. The molecule has 4 nitrogen and oxygen atoms in total. The van der Waals surface area contributed by atoms with Gasteiger partial charge in [0.15, 0.2) is 7.28 Å². The maximum atomic E-state index is 6.66. The van der Waals surface area contributed by atoms with E-state index in [2.05, 4.69) is 213 Å². The van der Waals surface area contributed by atoms with E-state index in [0.717, 1.165) is 69.6 Å². The third-order valence-electron chi connectivity index (χ3n) is 14.2. The van der Waals surface area contributed by atoms with Gasteiger partial charge in [-0.2, -0.15) is 0 Å². The van der Waals surface area contributed by atoms with Gasteiger partial charge in [0.2, 0.25) is 0 Å². The van der Waals surface area contributed by atoms with Crippen LogP contribution in [0.4, 0.5) is 28.4 Å². The molecule has 0 amide bonds. The summed E-state index contributed by atoms with van der Waals surface area (Å²) in [5, 5.41) is 8.95. The molecule has 12 rings (SSSR count). The average Bonchev–Trinajstić information content (AvgIpc) is 3.84. The zero-order valence-corrected chi connectivity index (χ0v) is 36.0. The number of nitrogens with zero attached hydrogens (tertiary/aromatic N) is 2. The Morgan fingerprint density at radius 1 is 0.597 bits per heavy atom. The molecule has 0 spiro atoms. The van der Waals surface area contributed by atoms with E-state index in [9.17, 15) is 0 Å². The van der Waals surface area contributed by atoms with Gasteiger partial charge < -0.3 is 19.2 Å². The highest BCUT2D eigenvalue weighted by Crippen LogP contribution is 2.50. The predicted molar refractivity (Wildman–Crippen MR) is 264 cm³/mol. The largest absolute Gasteiger partial charge is 0.456 e. The minimum atomic E-state index is 0.0633. The molecule has 10 aromatic rings. The zero-order valence-electron chi connectivity index (χ0n) is 36.0. The van der Waals surface area contributed by atoms with E-state index in [0.29, 0.717) is 0 Å². The maximum Gasteiger partial charge on any atom is 0.198 e. The first-order valence-electron chi connectivity index (χ1n) is 22.1. The molecular weight excluding hydrogens is 753 g/mol. The first-order chi connectivity index (χ1) is 30.2. The number of para-hydroxylation sites is 5. The van der Waals surface area contributed by atoms with Crippen molar-refractivity contribution in [1.29, 1.82) is 0 Å². The molecule has 3 heterocycles. The van der Waals surface area contributed by atoms with Crippen molar-refractivity contribution < 1.29 is 4.42 Å². The lowest BCUT2D eigenvalue weighted by atomic mass is 9.59. The highest BCUT2D eigenvalue weighted by atomic mass is 16.3. The van der Waals surface area contributed by atoms with Gasteiger partial charge in [-0.25, -0.2) is 0 Å². The molecular formula is C57H48BN3O. The number of aromatic nitrogens is 1. The molecule has 300 valence electrons. The van der Waals surface area contributed by atoms with Gasteiger partial charge in [0.05, 0.1) is 16.6 Å². The van der Waals surface area contributed by atoms with Crippen molar-refractivity contribution in [2.24, 2.45) is 0 Å². The van der Waals surface area contributed by atoms with Crippen LogP contribution >= 0.6 is 0 Å². The minimum Gasteiger partial charge on any atom is -0.456 e. The maximum absolute atomic E-state index is 6.66. The van der Waals surface area contributed by atoms with Crippen molar-refractivity contribution >= 4 is 90.4 Å². The molecule has 62 heavy (non-hydrogen) atoms. The van der Waals surface area contributed by atoms with Gasteiger partial charge in [0, 0.05) is 55.7 Å². The van der Waals surface area contributed by atoms with Crippen molar-refractivity contribution in [3.05, 3.63) is 180 Å². The number of fused-ring (bicyclic) bond motifs is 9. The molecule has 2 aromatic heterocycles. The van der Waals surface area contributed by atoms with Gasteiger partial charge in [-0.05, 0) is 125 Å². The molecule has 0 saturated heterocycles. The lowest BCUT2D eigenvalue weighted by molar-refractivity contribution is 0.330. The summed E-state index contributed by atoms with van der Waals surface area (Å²) in [4.78, 5) is 2.41. The van der Waals surface area contributed by atoms with Gasteiger partial charge in [0.25, 0.3) is 0 Å². The van der Waals surface area contributed by atoms with E-state index in [4.69, 9.17) is 4.42 Å². The summed E-state index contributed by atoms with van der Waals surface area (Å²) >= 11 is 0. The Morgan fingerprint density at radius 2 is 1.27 bits per heavy atom. The van der Waals surface area contributed by atoms with Crippen molar-refractivity contribution in [3.8, 4) is 16.8 Å². The van der Waals surface area contributed by atoms with Crippen LogP contribution in [0.1, 0.15) is 57.2 Å². The molecule has 0 bridgehead atoms. The number of hydrogen-bond acceptors (Lipinski definition) is 3. The number of anilines is 5. The molecule has 0 unspecified atom stereocenters. The summed E-state index contributed by atoms with van der Waals surface area (Å²) < 4.78 is 9.20. The second kappa shape index (κ2) is 13.5. The predicted octanol–water partition coefficient (Wildman–Crippen LogP) is 13.9. The van der Waals surface area contributed by atoms with Crippen LogP contribution in [0, 0.1) is 6.92 Å². The molecule has 0 fully saturated rings. The van der Waals surface area contributed by atoms with Gasteiger partial charge in [-0.3, -0.25) is 0 Å². The summed E-state index contributed by atoms with van der Waals surface area (Å²) in [6.07, 6.45) is 2.34. The summed E-state index contributed by atoms with van der Waals surface area (Å²) in [6, 6.07) is 59.9. The van der Waals surface area contributed by atoms with Crippen molar-refractivity contribution in [2.75, 3.05) is 10.2 Å². The van der Waals surface area contributed by atoms with Crippen LogP contribution in [-0.2, 0) is 10.8 Å². The Hall–Kier alpha value is -6.98. The van der Waals surface area contributed by atoms with E-state index in [1.807, 2.05) is 0 Å². The Balaban J connectivity index is 1.19. The third kappa shape index (κ3) is 5.47. The van der Waals surface area contributed by atoms with Crippen LogP contribution in [0.5, 0.6) is 0 Å². The highest BCUT2D eigenvalue weighted by Gasteiger charge is 2.39. The second-order valence-corrected chi connectivity index (χ2v) is 18.9. The quantitative estimate of drug-likeness (QED) is 0.170. The number of hydrogen-bond donors (Lipinski definition) is 1. The first-order valence-corrected chi connectivity index (χ1v) is 22.1. The fraction of sp³-hybridized carbons (Fsp3) is 0.158. The number of benzene rings is 8. The summed E-state index contributed by atoms with van der Waals surface area (Å²) in [5.41, 5.74) is 20.4. The number of rotatable bonds is 6. The normalized spacial score (nSPS) is 14.8. The highest BCUT2D eigenvalue weighted by molar-refractivity contribution is 6.73. The third-order valence-corrected chi connectivity index (χ3v) is 14.2. The lowest BCUT2D eigenvalue weighted by Gasteiger charge is -2.43. The molecule has 5 heteroatoms. The van der Waals surface area contributed by atoms with Crippen LogP contribution < -0.4 is 21.1 Å². The summed E-state index contributed by atoms with van der Waals surface area (Å²) in [6.45, 7) is 12.0. The molecule has 1 aliphatic heterocycles. The molecule has 0 radical (unpaired) electrons. The Bertz CT molecular complexity index is 3390. The van der Waals surface area contributed by atoms with Crippen LogP contribution in [0.2, 0.25) is 0 Å². The molecule has 1 N–H and O–H groups in total. The second-order valence-electron chi connectivity index (χ2n) is 18.9. The van der Waals surface area contributed by atoms with Crippen LogP contribution in [0.3, 0.4) is 0 Å². The van der Waals surface area contributed by atoms with E-state index < -0.39 is 0 Å². The monoisotopic (exact) mass is 801 g/mol. The number of nitrogens with one attached hydrogen (secondary N) is 1. The van der Waals surface area contributed by atoms with E-state index >= 15 is 0 Å². The lowest BCUT2D eigenvalue weighted by Crippen LogP contribution is -2.37. The fourth-order valence-electron chi connectivity index (χ4n) is 11.1. The van der Waals surface area contributed by atoms with Crippen LogP contribution in [-0.4, -0.2) is 11.8 Å². The Morgan fingerprint density at radius 3 is 2.05 bits per heavy atom. The van der Waals surface area contributed by atoms with Gasteiger partial charge in [0.1, 0.15) is 11.2 Å². The van der Waals surface area contributed by atoms with Crippen LogP contribution in [0.15, 0.2) is 168 Å². The Labute approximate surface area is 363 Å². The molecule has 0 saturated carbocycles. The smallest absolute Gasteiger partial charge is 0.198 e. The van der Waals surface area contributed by atoms with Gasteiger partial charge >= 0.3 is 0 Å². The minimum absolute atomic E-state index is 0.0633. The summed E-state index contributed by atoms with van der Waals surface area (Å²) in [5.74, 6) is 0. The van der Waals surface area contributed by atoms with Crippen LogP contribution in [0.25, 0.3) is 60.6 Å². The molecule has 0 atom stereocenters.